The molecular formula is C16H14FN5O2. The highest BCUT2D eigenvalue weighted by Gasteiger charge is 2.17. The van der Waals surface area contributed by atoms with Gasteiger partial charge < -0.3 is 10.4 Å². The maximum absolute atomic E-state index is 12.9. The smallest absolute Gasteiger partial charge is 0.258 e. The van der Waals surface area contributed by atoms with Gasteiger partial charge in [-0.3, -0.25) is 4.79 Å². The van der Waals surface area contributed by atoms with Crippen LogP contribution in [0.1, 0.15) is 28.9 Å². The minimum Gasteiger partial charge on any atom is -0.493 e. The lowest BCUT2D eigenvalue weighted by molar-refractivity contribution is 0.0936. The summed E-state index contributed by atoms with van der Waals surface area (Å²) in [5.74, 6) is -1.17. The largest absolute Gasteiger partial charge is 0.493 e. The molecule has 0 aliphatic heterocycles. The van der Waals surface area contributed by atoms with Crippen molar-refractivity contribution in [1.29, 1.82) is 0 Å². The number of nitrogens with zero attached hydrogens (tertiary/aromatic N) is 4. The molecule has 0 spiro atoms. The van der Waals surface area contributed by atoms with Gasteiger partial charge in [-0.15, -0.1) is 0 Å². The van der Waals surface area contributed by atoms with E-state index in [0.717, 1.165) is 5.56 Å². The molecule has 0 fully saturated rings. The van der Waals surface area contributed by atoms with Crippen LogP contribution in [-0.4, -0.2) is 30.8 Å². The number of benzene rings is 1. The molecule has 0 radical (unpaired) electrons. The van der Waals surface area contributed by atoms with Gasteiger partial charge in [-0.25, -0.2) is 14.1 Å². The highest BCUT2D eigenvalue weighted by molar-refractivity contribution is 5.96. The van der Waals surface area contributed by atoms with Crippen LogP contribution in [0, 0.1) is 5.82 Å². The van der Waals surface area contributed by atoms with Gasteiger partial charge in [0.05, 0.1) is 6.04 Å². The Kier molecular flexibility index (Phi) is 4.19. The number of rotatable bonds is 4. The summed E-state index contributed by atoms with van der Waals surface area (Å²) in [5, 5.41) is 16.6. The van der Waals surface area contributed by atoms with Gasteiger partial charge in [0.25, 0.3) is 11.9 Å². The first-order valence-corrected chi connectivity index (χ1v) is 7.17. The van der Waals surface area contributed by atoms with E-state index in [-0.39, 0.29) is 23.4 Å². The lowest BCUT2D eigenvalue weighted by Crippen LogP contribution is -2.27. The Balaban J connectivity index is 1.76. The van der Waals surface area contributed by atoms with Gasteiger partial charge in [-0.1, -0.05) is 12.1 Å². The number of aromatic hydroxyl groups is 1. The summed E-state index contributed by atoms with van der Waals surface area (Å²) in [6, 6.07) is 7.11. The van der Waals surface area contributed by atoms with Gasteiger partial charge in [0, 0.05) is 18.6 Å². The van der Waals surface area contributed by atoms with E-state index in [1.807, 2.05) is 0 Å². The summed E-state index contributed by atoms with van der Waals surface area (Å²) in [5.41, 5.74) is 0.679. The first-order chi connectivity index (χ1) is 11.5. The molecule has 0 saturated heterocycles. The lowest BCUT2D eigenvalue weighted by Gasteiger charge is -2.14. The van der Waals surface area contributed by atoms with Crippen LogP contribution in [0.15, 0.2) is 48.9 Å². The molecule has 1 amide bonds. The Morgan fingerprint density at radius 2 is 2.08 bits per heavy atom. The Morgan fingerprint density at radius 1 is 1.33 bits per heavy atom. The molecule has 7 nitrogen and oxygen atoms in total. The van der Waals surface area contributed by atoms with E-state index < -0.39 is 11.8 Å². The summed E-state index contributed by atoms with van der Waals surface area (Å²) >= 11 is 0. The topological polar surface area (TPSA) is 92.9 Å². The number of nitrogens with one attached hydrogen (secondary N) is 1. The van der Waals surface area contributed by atoms with Crippen LogP contribution in [0.3, 0.4) is 0 Å². The number of carbonyl (C=O) groups is 1. The molecule has 3 aromatic rings. The number of halogens is 1. The van der Waals surface area contributed by atoms with Crippen molar-refractivity contribution in [2.45, 2.75) is 13.0 Å². The van der Waals surface area contributed by atoms with Crippen LogP contribution in [0.25, 0.3) is 5.95 Å². The summed E-state index contributed by atoms with van der Waals surface area (Å²) in [6.45, 7) is 1.75. The van der Waals surface area contributed by atoms with E-state index in [4.69, 9.17) is 0 Å². The average Bonchev–Trinajstić information content (AvgIpc) is 3.09. The zero-order valence-electron chi connectivity index (χ0n) is 12.7. The van der Waals surface area contributed by atoms with Crippen LogP contribution in [-0.2, 0) is 0 Å². The molecule has 0 bridgehead atoms. The summed E-state index contributed by atoms with van der Waals surface area (Å²) < 4.78 is 14.3. The number of carbonyl (C=O) groups excluding carboxylic acids is 1. The molecule has 2 aromatic heterocycles. The molecule has 122 valence electrons. The van der Waals surface area contributed by atoms with Crippen molar-refractivity contribution in [3.05, 3.63) is 65.9 Å². The second-order valence-electron chi connectivity index (χ2n) is 5.10. The van der Waals surface area contributed by atoms with Crippen molar-refractivity contribution in [2.24, 2.45) is 0 Å². The zero-order chi connectivity index (χ0) is 17.1. The molecular weight excluding hydrogens is 313 g/mol. The van der Waals surface area contributed by atoms with Crippen molar-refractivity contribution in [1.82, 2.24) is 25.1 Å². The van der Waals surface area contributed by atoms with Gasteiger partial charge in [0.2, 0.25) is 5.88 Å². The molecule has 0 aliphatic carbocycles. The number of hydrogen-bond donors (Lipinski definition) is 2. The van der Waals surface area contributed by atoms with E-state index in [1.54, 1.807) is 37.5 Å². The number of aromatic nitrogens is 4. The van der Waals surface area contributed by atoms with Crippen LogP contribution in [0.2, 0.25) is 0 Å². The minimum atomic E-state index is -0.531. The SMILES string of the molecule is C[C@@H](NC(=O)c1cnc(-n2cccn2)nc1O)c1ccc(F)cc1. The fourth-order valence-corrected chi connectivity index (χ4v) is 2.13. The molecule has 2 N–H and O–H groups in total. The minimum absolute atomic E-state index is 0.0557. The first-order valence-electron chi connectivity index (χ1n) is 7.17. The van der Waals surface area contributed by atoms with Crippen LogP contribution >= 0.6 is 0 Å². The monoisotopic (exact) mass is 327 g/mol. The normalized spacial score (nSPS) is 11.9. The lowest BCUT2D eigenvalue weighted by atomic mass is 10.1. The van der Waals surface area contributed by atoms with E-state index in [9.17, 15) is 14.3 Å². The molecule has 2 heterocycles. The Bertz CT molecular complexity index is 849. The quantitative estimate of drug-likeness (QED) is 0.764. The van der Waals surface area contributed by atoms with Gasteiger partial charge >= 0.3 is 0 Å². The summed E-state index contributed by atoms with van der Waals surface area (Å²) in [7, 11) is 0. The predicted molar refractivity (Wildman–Crippen MR) is 83.1 cm³/mol. The average molecular weight is 327 g/mol. The van der Waals surface area contributed by atoms with Crippen LogP contribution < -0.4 is 5.32 Å². The van der Waals surface area contributed by atoms with Gasteiger partial charge in [0.15, 0.2) is 0 Å². The maximum Gasteiger partial charge on any atom is 0.258 e. The molecule has 1 atom stereocenters. The van der Waals surface area contributed by atoms with Crippen LogP contribution in [0.4, 0.5) is 4.39 Å². The van der Waals surface area contributed by atoms with Crippen molar-refractivity contribution in [2.75, 3.05) is 0 Å². The Morgan fingerprint density at radius 3 is 2.71 bits per heavy atom. The number of hydrogen-bond acceptors (Lipinski definition) is 5. The van der Waals surface area contributed by atoms with E-state index in [0.29, 0.717) is 0 Å². The van der Waals surface area contributed by atoms with Gasteiger partial charge in [-0.2, -0.15) is 10.1 Å². The highest BCUT2D eigenvalue weighted by atomic mass is 19.1. The highest BCUT2D eigenvalue weighted by Crippen LogP contribution is 2.17. The van der Waals surface area contributed by atoms with Crippen molar-refractivity contribution < 1.29 is 14.3 Å². The Labute approximate surface area is 136 Å². The number of amides is 1. The Hall–Kier alpha value is -3.29. The molecule has 3 rings (SSSR count). The van der Waals surface area contributed by atoms with Crippen molar-refractivity contribution >= 4 is 5.91 Å². The summed E-state index contributed by atoms with van der Waals surface area (Å²) in [4.78, 5) is 20.1. The second-order valence-corrected chi connectivity index (χ2v) is 5.10. The molecule has 1 aromatic carbocycles. The molecule has 24 heavy (non-hydrogen) atoms. The van der Waals surface area contributed by atoms with Crippen molar-refractivity contribution in [3.63, 3.8) is 0 Å². The third kappa shape index (κ3) is 3.22. The summed E-state index contributed by atoms with van der Waals surface area (Å²) in [6.07, 6.45) is 4.39. The van der Waals surface area contributed by atoms with Gasteiger partial charge in [0.1, 0.15) is 11.4 Å². The predicted octanol–water partition coefficient (Wildman–Crippen LogP) is 2.00. The first kappa shape index (κ1) is 15.6. The maximum atomic E-state index is 12.9. The van der Waals surface area contributed by atoms with E-state index >= 15 is 0 Å². The third-order valence-corrected chi connectivity index (χ3v) is 3.43. The molecule has 0 saturated carbocycles. The molecule has 8 heteroatoms. The van der Waals surface area contributed by atoms with E-state index in [1.165, 1.54) is 23.0 Å². The van der Waals surface area contributed by atoms with Crippen molar-refractivity contribution in [3.8, 4) is 11.8 Å². The molecule has 0 unspecified atom stereocenters. The second kappa shape index (κ2) is 6.45. The molecule has 0 aliphatic rings. The zero-order valence-corrected chi connectivity index (χ0v) is 12.7. The standard InChI is InChI=1S/C16H14FN5O2/c1-10(11-3-5-12(17)6-4-11)20-14(23)13-9-18-16(21-15(13)24)22-8-2-7-19-22/h2-10H,1H3,(H,20,23)(H,18,21,24)/t10-/m1/s1. The fourth-order valence-electron chi connectivity index (χ4n) is 2.13. The third-order valence-electron chi connectivity index (χ3n) is 3.43. The van der Waals surface area contributed by atoms with Crippen LogP contribution in [0.5, 0.6) is 5.88 Å². The van der Waals surface area contributed by atoms with Gasteiger partial charge in [-0.05, 0) is 30.7 Å². The fraction of sp³-hybridized carbons (Fsp3) is 0.125. The van der Waals surface area contributed by atoms with E-state index in [2.05, 4.69) is 20.4 Å².